The monoisotopic (exact) mass is 337 g/mol. The standard InChI is InChI=1S/C24H21N2/c1-18-11-9-10-16-21(18)24-23(20-14-7-4-8-15-20)25-22(17-26(24)2)19-12-5-3-6-13-19/h3-17H,1-2H3/q+1. The Kier molecular flexibility index (Phi) is 4.32. The van der Waals surface area contributed by atoms with Gasteiger partial charge in [0, 0.05) is 11.1 Å². The van der Waals surface area contributed by atoms with Crippen LogP contribution in [-0.2, 0) is 7.05 Å². The molecule has 0 atom stereocenters. The molecule has 0 aliphatic carbocycles. The lowest BCUT2D eigenvalue weighted by atomic mass is 9.99. The SMILES string of the molecule is Cc1ccccc1-c1c(-c2ccccc2)nc(-c2ccccc2)c[n+]1C. The van der Waals surface area contributed by atoms with Crippen molar-refractivity contribution in [3.05, 3.63) is 96.7 Å². The number of benzene rings is 3. The zero-order valence-electron chi connectivity index (χ0n) is 15.1. The molecule has 0 radical (unpaired) electrons. The fourth-order valence-electron chi connectivity index (χ4n) is 3.32. The average molecular weight is 337 g/mol. The van der Waals surface area contributed by atoms with Crippen LogP contribution in [0.5, 0.6) is 0 Å². The van der Waals surface area contributed by atoms with Crippen LogP contribution in [0.15, 0.2) is 91.1 Å². The highest BCUT2D eigenvalue weighted by atomic mass is 15.0. The molecule has 3 aromatic carbocycles. The third kappa shape index (κ3) is 3.02. The Bertz CT molecular complexity index is 1040. The highest BCUT2D eigenvalue weighted by Gasteiger charge is 2.22. The van der Waals surface area contributed by atoms with Crippen LogP contribution in [0, 0.1) is 6.92 Å². The molecule has 1 aromatic heterocycles. The van der Waals surface area contributed by atoms with Crippen LogP contribution >= 0.6 is 0 Å². The predicted molar refractivity (Wildman–Crippen MR) is 106 cm³/mol. The molecule has 0 aliphatic rings. The smallest absolute Gasteiger partial charge is 0.234 e. The molecule has 0 saturated heterocycles. The summed E-state index contributed by atoms with van der Waals surface area (Å²) in [5.74, 6) is 0. The Morgan fingerprint density at radius 3 is 1.92 bits per heavy atom. The van der Waals surface area contributed by atoms with E-state index in [2.05, 4.69) is 97.5 Å². The lowest BCUT2D eigenvalue weighted by molar-refractivity contribution is -0.659. The molecule has 2 heteroatoms. The number of rotatable bonds is 3. The molecule has 126 valence electrons. The van der Waals surface area contributed by atoms with Gasteiger partial charge in [0.2, 0.25) is 5.69 Å². The Morgan fingerprint density at radius 2 is 1.27 bits per heavy atom. The number of hydrogen-bond donors (Lipinski definition) is 0. The molecular formula is C24H21N2+. The van der Waals surface area contributed by atoms with Crippen molar-refractivity contribution in [2.75, 3.05) is 0 Å². The van der Waals surface area contributed by atoms with Gasteiger partial charge in [-0.2, -0.15) is 4.57 Å². The van der Waals surface area contributed by atoms with Gasteiger partial charge in [0.1, 0.15) is 18.4 Å². The van der Waals surface area contributed by atoms with E-state index in [1.165, 1.54) is 11.1 Å². The molecule has 4 rings (SSSR count). The molecular weight excluding hydrogens is 316 g/mol. The first-order valence-corrected chi connectivity index (χ1v) is 8.81. The van der Waals surface area contributed by atoms with Crippen molar-refractivity contribution in [1.29, 1.82) is 0 Å². The highest BCUT2D eigenvalue weighted by molar-refractivity contribution is 5.78. The molecule has 0 aliphatic heterocycles. The second-order valence-corrected chi connectivity index (χ2v) is 6.48. The van der Waals surface area contributed by atoms with Gasteiger partial charge in [0.15, 0.2) is 6.20 Å². The van der Waals surface area contributed by atoms with Gasteiger partial charge in [0.25, 0.3) is 0 Å². The summed E-state index contributed by atoms with van der Waals surface area (Å²) < 4.78 is 2.19. The Balaban J connectivity index is 2.01. The normalized spacial score (nSPS) is 10.7. The summed E-state index contributed by atoms with van der Waals surface area (Å²) in [4.78, 5) is 5.07. The van der Waals surface area contributed by atoms with Crippen molar-refractivity contribution in [1.82, 2.24) is 4.98 Å². The van der Waals surface area contributed by atoms with E-state index >= 15 is 0 Å². The Labute approximate surface area is 154 Å². The number of aromatic nitrogens is 2. The lowest BCUT2D eigenvalue weighted by Gasteiger charge is -2.11. The molecule has 4 aromatic rings. The van der Waals surface area contributed by atoms with Gasteiger partial charge < -0.3 is 0 Å². The molecule has 2 nitrogen and oxygen atoms in total. The van der Waals surface area contributed by atoms with Crippen molar-refractivity contribution >= 4 is 0 Å². The zero-order chi connectivity index (χ0) is 17.9. The van der Waals surface area contributed by atoms with Crippen LogP contribution in [0.4, 0.5) is 0 Å². The quantitative estimate of drug-likeness (QED) is 0.469. The number of aryl methyl sites for hydroxylation is 2. The molecule has 1 heterocycles. The summed E-state index contributed by atoms with van der Waals surface area (Å²) >= 11 is 0. The minimum atomic E-state index is 0.976. The number of nitrogens with zero attached hydrogens (tertiary/aromatic N) is 2. The van der Waals surface area contributed by atoms with Crippen LogP contribution in [0.3, 0.4) is 0 Å². The van der Waals surface area contributed by atoms with Crippen molar-refractivity contribution in [2.24, 2.45) is 7.05 Å². The van der Waals surface area contributed by atoms with Gasteiger partial charge in [0.05, 0.1) is 5.56 Å². The highest BCUT2D eigenvalue weighted by Crippen LogP contribution is 2.31. The molecule has 0 fully saturated rings. The topological polar surface area (TPSA) is 16.8 Å². The van der Waals surface area contributed by atoms with E-state index in [1.807, 2.05) is 12.1 Å². The Morgan fingerprint density at radius 1 is 0.692 bits per heavy atom. The molecule has 0 amide bonds. The summed E-state index contributed by atoms with van der Waals surface area (Å²) in [6.45, 7) is 2.15. The van der Waals surface area contributed by atoms with E-state index in [0.29, 0.717) is 0 Å². The van der Waals surface area contributed by atoms with E-state index in [1.54, 1.807) is 0 Å². The third-order valence-electron chi connectivity index (χ3n) is 4.64. The maximum absolute atomic E-state index is 5.07. The van der Waals surface area contributed by atoms with Gasteiger partial charge in [-0.05, 0) is 18.6 Å². The minimum absolute atomic E-state index is 0.976. The summed E-state index contributed by atoms with van der Waals surface area (Å²) in [6.07, 6.45) is 2.11. The summed E-state index contributed by atoms with van der Waals surface area (Å²) in [6, 6.07) is 29.2. The zero-order valence-corrected chi connectivity index (χ0v) is 15.1. The van der Waals surface area contributed by atoms with Crippen LogP contribution in [-0.4, -0.2) is 4.98 Å². The Hall–Kier alpha value is -3.26. The van der Waals surface area contributed by atoms with Crippen molar-refractivity contribution in [3.63, 3.8) is 0 Å². The van der Waals surface area contributed by atoms with E-state index < -0.39 is 0 Å². The molecule has 0 bridgehead atoms. The largest absolute Gasteiger partial charge is 0.239 e. The maximum atomic E-state index is 5.07. The van der Waals surface area contributed by atoms with Crippen molar-refractivity contribution in [3.8, 4) is 33.8 Å². The van der Waals surface area contributed by atoms with Gasteiger partial charge in [-0.1, -0.05) is 78.9 Å². The van der Waals surface area contributed by atoms with E-state index in [-0.39, 0.29) is 0 Å². The second-order valence-electron chi connectivity index (χ2n) is 6.48. The molecule has 0 saturated carbocycles. The average Bonchev–Trinajstić information content (AvgIpc) is 2.69. The summed E-state index contributed by atoms with van der Waals surface area (Å²) in [5.41, 5.74) is 7.81. The first-order valence-electron chi connectivity index (χ1n) is 8.81. The number of hydrogen-bond acceptors (Lipinski definition) is 1. The first-order chi connectivity index (χ1) is 12.7. The van der Waals surface area contributed by atoms with Gasteiger partial charge in [-0.15, -0.1) is 0 Å². The molecule has 0 unspecified atom stereocenters. The van der Waals surface area contributed by atoms with Crippen LogP contribution in [0.1, 0.15) is 5.56 Å². The first kappa shape index (κ1) is 16.2. The third-order valence-corrected chi connectivity index (χ3v) is 4.64. The van der Waals surface area contributed by atoms with Crippen LogP contribution < -0.4 is 4.57 Å². The fraction of sp³-hybridized carbons (Fsp3) is 0.0833. The van der Waals surface area contributed by atoms with Gasteiger partial charge in [-0.25, -0.2) is 4.98 Å². The lowest BCUT2D eigenvalue weighted by Crippen LogP contribution is -2.32. The van der Waals surface area contributed by atoms with Crippen molar-refractivity contribution < 1.29 is 4.57 Å². The molecule has 26 heavy (non-hydrogen) atoms. The molecule has 0 spiro atoms. The van der Waals surface area contributed by atoms with Crippen LogP contribution in [0.25, 0.3) is 33.8 Å². The second kappa shape index (κ2) is 6.93. The van der Waals surface area contributed by atoms with E-state index in [0.717, 1.165) is 28.2 Å². The molecule has 0 N–H and O–H groups in total. The summed E-state index contributed by atoms with van der Waals surface area (Å²) in [7, 11) is 2.10. The maximum Gasteiger partial charge on any atom is 0.239 e. The van der Waals surface area contributed by atoms with Crippen LogP contribution in [0.2, 0.25) is 0 Å². The van der Waals surface area contributed by atoms with E-state index in [4.69, 9.17) is 4.98 Å². The predicted octanol–water partition coefficient (Wildman–Crippen LogP) is 5.22. The summed E-state index contributed by atoms with van der Waals surface area (Å²) in [5, 5.41) is 0. The van der Waals surface area contributed by atoms with Gasteiger partial charge in [-0.3, -0.25) is 0 Å². The minimum Gasteiger partial charge on any atom is -0.234 e. The van der Waals surface area contributed by atoms with E-state index in [9.17, 15) is 0 Å². The fourth-order valence-corrected chi connectivity index (χ4v) is 3.32. The van der Waals surface area contributed by atoms with Gasteiger partial charge >= 0.3 is 0 Å². The van der Waals surface area contributed by atoms with Crippen molar-refractivity contribution in [2.45, 2.75) is 6.92 Å².